The van der Waals surface area contributed by atoms with Gasteiger partial charge in [0.1, 0.15) is 11.9 Å². The maximum absolute atomic E-state index is 13.2. The Morgan fingerprint density at radius 1 is 1.62 bits per heavy atom. The van der Waals surface area contributed by atoms with Gasteiger partial charge in [0.2, 0.25) is 5.91 Å². The number of hydrogen-bond acceptors (Lipinski definition) is 7. The van der Waals surface area contributed by atoms with Crippen molar-refractivity contribution in [1.82, 2.24) is 19.2 Å². The van der Waals surface area contributed by atoms with Gasteiger partial charge in [-0.2, -0.15) is 0 Å². The number of nitrogens with zero attached hydrogens (tertiary/aromatic N) is 3. The summed E-state index contributed by atoms with van der Waals surface area (Å²) in [7, 11) is 1.79. The Hall–Kier alpha value is -0.576. The van der Waals surface area contributed by atoms with Gasteiger partial charge in [-0.15, -0.1) is 0 Å². The average Bonchev–Trinajstić information content (AvgIpc) is 3.06. The fourth-order valence-corrected chi connectivity index (χ4v) is 3.13. The van der Waals surface area contributed by atoms with Crippen LogP contribution in [0.25, 0.3) is 0 Å². The molecule has 1 aliphatic heterocycles. The monoisotopic (exact) mass is 445 g/mol. The van der Waals surface area contributed by atoms with Gasteiger partial charge < -0.3 is 9.73 Å². The molecule has 0 aliphatic carbocycles. The van der Waals surface area contributed by atoms with Crippen molar-refractivity contribution >= 4 is 35.3 Å². The molecule has 2 atom stereocenters. The van der Waals surface area contributed by atoms with Gasteiger partial charge in [0.15, 0.2) is 0 Å². The van der Waals surface area contributed by atoms with E-state index in [9.17, 15) is 9.18 Å². The summed E-state index contributed by atoms with van der Waals surface area (Å²) in [4.78, 5) is 12.5. The zero-order valence-electron chi connectivity index (χ0n) is 12.5. The van der Waals surface area contributed by atoms with Gasteiger partial charge in [-0.3, -0.25) is 9.52 Å². The van der Waals surface area contributed by atoms with E-state index in [1.54, 1.807) is 11.4 Å². The first-order valence-corrected chi connectivity index (χ1v) is 7.80. The molecule has 1 aromatic heterocycles. The number of hydrogen-bond donors (Lipinski definition) is 2. The molecular weight excluding hydrogens is 434 g/mol. The van der Waals surface area contributed by atoms with Gasteiger partial charge in [-0.05, 0) is 31.7 Å². The Labute approximate surface area is 172 Å². The Balaban J connectivity index is 0.00000208. The Kier molecular flexibility index (Phi) is 7.15. The van der Waals surface area contributed by atoms with Crippen LogP contribution in [0.1, 0.15) is 18.4 Å². The molecule has 1 radical (unpaired) electrons. The Bertz CT molecular complexity index is 708. The van der Waals surface area contributed by atoms with E-state index in [2.05, 4.69) is 26.6 Å². The van der Waals surface area contributed by atoms with Crippen LogP contribution in [0.2, 0.25) is 5.02 Å². The molecule has 0 saturated carbocycles. The number of benzene rings is 1. The van der Waals surface area contributed by atoms with Crippen LogP contribution in [0.5, 0.6) is 0 Å². The van der Waals surface area contributed by atoms with Crippen LogP contribution in [0.15, 0.2) is 22.6 Å². The van der Waals surface area contributed by atoms with Gasteiger partial charge in [-0.25, -0.2) is 18.9 Å². The maximum atomic E-state index is 13.2. The smallest absolute Gasteiger partial charge is 0.242 e. The van der Waals surface area contributed by atoms with Crippen molar-refractivity contribution in [2.24, 2.45) is 0 Å². The molecule has 2 N–H and O–H groups in total. The molecule has 0 spiro atoms. The fraction of sp³-hybridized carbons (Fsp3) is 0.308. The maximum Gasteiger partial charge on any atom is 0.242 e. The normalized spacial score (nSPS) is 21.1. The molecule has 0 bridgehead atoms. The molecule has 1 amide bonds. The molecule has 1 aromatic carbocycles. The summed E-state index contributed by atoms with van der Waals surface area (Å²) in [5.74, 6) is -0.405. The van der Waals surface area contributed by atoms with Crippen LogP contribution in [0, 0.1) is 12.2 Å². The van der Waals surface area contributed by atoms with Crippen LogP contribution < -0.4 is 10.0 Å². The van der Waals surface area contributed by atoms with Crippen molar-refractivity contribution in [3.63, 3.8) is 0 Å². The van der Waals surface area contributed by atoms with Crippen LogP contribution in [0.4, 0.5) is 10.1 Å². The van der Waals surface area contributed by atoms with Gasteiger partial charge >= 0.3 is 0 Å². The van der Waals surface area contributed by atoms with E-state index in [1.165, 1.54) is 30.3 Å². The largest absolute Gasteiger partial charge is 0.612 e. The van der Waals surface area contributed by atoms with Crippen molar-refractivity contribution in [3.05, 3.63) is 41.3 Å². The number of carbonyl (C=O) groups is 1. The molecule has 125 valence electrons. The summed E-state index contributed by atoms with van der Waals surface area (Å²) < 4.78 is 23.1. The summed E-state index contributed by atoms with van der Waals surface area (Å²) in [5.41, 5.74) is 0.431. The molecule has 7 nitrogen and oxygen atoms in total. The van der Waals surface area contributed by atoms with E-state index < -0.39 is 11.9 Å². The zero-order valence-corrected chi connectivity index (χ0v) is 16.9. The molecule has 24 heavy (non-hydrogen) atoms. The van der Waals surface area contributed by atoms with E-state index in [4.69, 9.17) is 16.0 Å². The topological polar surface area (TPSA) is 83.3 Å². The molecule has 11 heteroatoms. The van der Waals surface area contributed by atoms with E-state index in [0.29, 0.717) is 18.0 Å². The molecule has 2 aromatic rings. The fourth-order valence-electron chi connectivity index (χ4n) is 2.15. The molecule has 2 unspecified atom stereocenters. The van der Waals surface area contributed by atoms with E-state index in [-0.39, 0.29) is 49.7 Å². The predicted molar refractivity (Wildman–Crippen MR) is 82.8 cm³/mol. The van der Waals surface area contributed by atoms with E-state index >= 15 is 0 Å². The molecule has 2 heterocycles. The minimum Gasteiger partial charge on any atom is -0.612 e. The third-order valence-electron chi connectivity index (χ3n) is 3.36. The van der Waals surface area contributed by atoms with E-state index in [1.807, 2.05) is 0 Å². The number of amides is 1. The van der Waals surface area contributed by atoms with Gasteiger partial charge in [0.05, 0.1) is 17.3 Å². The summed E-state index contributed by atoms with van der Waals surface area (Å²) in [5, 5.41) is 10.0. The van der Waals surface area contributed by atoms with Crippen LogP contribution in [0.3, 0.4) is 0 Å². The van der Waals surface area contributed by atoms with Crippen LogP contribution >= 0.6 is 23.7 Å². The molecular formula is C13H12ClFN5O2SY-. The van der Waals surface area contributed by atoms with Crippen molar-refractivity contribution in [1.29, 1.82) is 0 Å². The Morgan fingerprint density at radius 3 is 3.08 bits per heavy atom. The first-order valence-electron chi connectivity index (χ1n) is 6.65. The second-order valence-corrected chi connectivity index (χ2v) is 6.31. The quantitative estimate of drug-likeness (QED) is 0.553. The van der Waals surface area contributed by atoms with Crippen molar-refractivity contribution in [3.8, 4) is 0 Å². The van der Waals surface area contributed by atoms with Gasteiger partial charge in [0.25, 0.3) is 0 Å². The number of nitrogens with one attached hydrogen (secondary N) is 2. The minimum absolute atomic E-state index is 0. The number of rotatable bonds is 3. The molecule has 3 rings (SSSR count). The molecule has 1 saturated heterocycles. The van der Waals surface area contributed by atoms with Crippen LogP contribution in [-0.4, -0.2) is 33.5 Å². The third kappa shape index (κ3) is 4.53. The van der Waals surface area contributed by atoms with E-state index in [0.717, 1.165) is 0 Å². The second kappa shape index (κ2) is 8.69. The van der Waals surface area contributed by atoms with Gasteiger partial charge in [-0.1, -0.05) is 11.6 Å². The second-order valence-electron chi connectivity index (χ2n) is 4.91. The summed E-state index contributed by atoms with van der Waals surface area (Å²) in [6.07, 6.45) is 2.71. The number of carbonyl (C=O) groups excluding carboxylic acids is 1. The molecule has 1 fully saturated rings. The van der Waals surface area contributed by atoms with Crippen molar-refractivity contribution < 1.29 is 46.3 Å². The Morgan fingerprint density at radius 2 is 2.42 bits per heavy atom. The van der Waals surface area contributed by atoms with Gasteiger partial charge in [0, 0.05) is 56.6 Å². The number of halogens is 2. The standard InChI is InChI=1S/C13H12ClFN5O2S.Y/c1-20-11(5-10(19-23-20)13-18-16-6-22-13)12(21)17-7-2-3-9(15)8(14)4-7;/h2-4,10-11,19H,5H2,1H3,(H,17,21);/q-1;. The average molecular weight is 446 g/mol. The number of aromatic nitrogens is 2. The number of likely N-dealkylation sites (N-methyl/N-ethyl adjacent to an activating group) is 1. The predicted octanol–water partition coefficient (Wildman–Crippen LogP) is 2.20. The van der Waals surface area contributed by atoms with Crippen molar-refractivity contribution in [2.75, 3.05) is 12.4 Å². The first-order chi connectivity index (χ1) is 11.0. The molecule has 1 aliphatic rings. The zero-order chi connectivity index (χ0) is 16.4. The minimum atomic E-state index is -0.535. The number of anilines is 1. The van der Waals surface area contributed by atoms with Crippen molar-refractivity contribution in [2.45, 2.75) is 18.5 Å². The van der Waals surface area contributed by atoms with Crippen LogP contribution in [-0.2, 0) is 37.5 Å². The summed E-state index contributed by atoms with van der Waals surface area (Å²) in [6.45, 7) is 0. The SMILES string of the molecule is CN1SNC(c2nn[c-]o2)CC1C(=O)Nc1ccc(F)c(Cl)c1.[Y]. The summed E-state index contributed by atoms with van der Waals surface area (Å²) in [6, 6.07) is 3.32. The third-order valence-corrected chi connectivity index (χ3v) is 4.59. The summed E-state index contributed by atoms with van der Waals surface area (Å²) >= 11 is 6.99. The first kappa shape index (κ1) is 19.7.